The van der Waals surface area contributed by atoms with E-state index in [0.717, 1.165) is 32.0 Å². The van der Waals surface area contributed by atoms with E-state index in [1.807, 2.05) is 0 Å². The number of β-amino-alcohol motifs (C(OH)–C–C–N with tert-alkyl or cyclic N) is 1. The fourth-order valence-corrected chi connectivity index (χ4v) is 3.60. The molecule has 1 saturated carbocycles. The van der Waals surface area contributed by atoms with E-state index in [2.05, 4.69) is 4.90 Å². The Kier molecular flexibility index (Phi) is 4.17. The molecule has 0 spiro atoms. The van der Waals surface area contributed by atoms with Crippen molar-refractivity contribution < 1.29 is 19.4 Å². The molecule has 0 aromatic heterocycles. The van der Waals surface area contributed by atoms with Crippen molar-refractivity contribution in [2.24, 2.45) is 5.92 Å². The Labute approximate surface area is 125 Å². The lowest BCUT2D eigenvalue weighted by Gasteiger charge is -2.34. The van der Waals surface area contributed by atoms with Crippen molar-refractivity contribution in [2.45, 2.75) is 50.3 Å². The number of methoxy groups -OCH3 is 1. The first-order valence-electron chi connectivity index (χ1n) is 7.90. The molecule has 6 heteroatoms. The van der Waals surface area contributed by atoms with E-state index in [1.54, 1.807) is 0 Å². The van der Waals surface area contributed by atoms with Gasteiger partial charge in [-0.2, -0.15) is 0 Å². The molecule has 2 aliphatic heterocycles. The third kappa shape index (κ3) is 3.06. The third-order valence-corrected chi connectivity index (χ3v) is 4.98. The van der Waals surface area contributed by atoms with Gasteiger partial charge in [0.25, 0.3) is 0 Å². The lowest BCUT2D eigenvalue weighted by atomic mass is 9.95. The number of hydrogen-bond donors (Lipinski definition) is 1. The van der Waals surface area contributed by atoms with Gasteiger partial charge in [0.2, 0.25) is 5.91 Å². The van der Waals surface area contributed by atoms with Gasteiger partial charge >= 0.3 is 5.97 Å². The van der Waals surface area contributed by atoms with Crippen LogP contribution in [-0.4, -0.2) is 71.7 Å². The van der Waals surface area contributed by atoms with Crippen molar-refractivity contribution >= 4 is 11.9 Å². The average Bonchev–Trinajstić information content (AvgIpc) is 3.28. The van der Waals surface area contributed by atoms with Crippen molar-refractivity contribution in [3.63, 3.8) is 0 Å². The Balaban J connectivity index is 1.59. The summed E-state index contributed by atoms with van der Waals surface area (Å²) in [7, 11) is 1.32. The smallest absolute Gasteiger partial charge is 0.328 e. The van der Waals surface area contributed by atoms with Crippen LogP contribution in [0.2, 0.25) is 0 Å². The standard InChI is InChI=1S/C15H24N2O4/c1-21-15(20)13-8-12(18)9-17(13)14(19)10-4-6-16(7-5-10)11-2-3-11/h10-13,18H,2-9H2,1H3/t12-,13+/m1/s1. The number of aliphatic hydroxyl groups excluding tert-OH is 1. The van der Waals surface area contributed by atoms with Gasteiger partial charge in [0.05, 0.1) is 13.2 Å². The maximum absolute atomic E-state index is 12.7. The predicted molar refractivity (Wildman–Crippen MR) is 75.5 cm³/mol. The molecule has 0 unspecified atom stereocenters. The molecule has 0 aromatic rings. The quantitative estimate of drug-likeness (QED) is 0.742. The zero-order chi connectivity index (χ0) is 15.0. The summed E-state index contributed by atoms with van der Waals surface area (Å²) >= 11 is 0. The number of amides is 1. The van der Waals surface area contributed by atoms with Crippen molar-refractivity contribution in [2.75, 3.05) is 26.7 Å². The largest absolute Gasteiger partial charge is 0.467 e. The molecule has 3 fully saturated rings. The van der Waals surface area contributed by atoms with Crippen LogP contribution in [0.1, 0.15) is 32.1 Å². The molecule has 0 aromatic carbocycles. The highest BCUT2D eigenvalue weighted by Crippen LogP contribution is 2.32. The molecule has 3 aliphatic rings. The number of nitrogens with zero attached hydrogens (tertiary/aromatic N) is 2. The molecule has 1 N–H and O–H groups in total. The van der Waals surface area contributed by atoms with Crippen molar-refractivity contribution in [3.8, 4) is 0 Å². The maximum Gasteiger partial charge on any atom is 0.328 e. The maximum atomic E-state index is 12.7. The Morgan fingerprint density at radius 3 is 2.38 bits per heavy atom. The fourth-order valence-electron chi connectivity index (χ4n) is 3.60. The van der Waals surface area contributed by atoms with Crippen molar-refractivity contribution in [3.05, 3.63) is 0 Å². The van der Waals surface area contributed by atoms with Crippen LogP contribution in [0.3, 0.4) is 0 Å². The van der Waals surface area contributed by atoms with Gasteiger partial charge in [0.15, 0.2) is 0 Å². The summed E-state index contributed by atoms with van der Waals surface area (Å²) in [5.74, 6) is -0.426. The molecule has 118 valence electrons. The van der Waals surface area contributed by atoms with Gasteiger partial charge in [0, 0.05) is 24.9 Å². The summed E-state index contributed by atoms with van der Waals surface area (Å²) in [6.45, 7) is 2.20. The minimum absolute atomic E-state index is 0.0115. The number of carbonyl (C=O) groups excluding carboxylic acids is 2. The summed E-state index contributed by atoms with van der Waals surface area (Å²) in [4.78, 5) is 28.4. The molecule has 0 bridgehead atoms. The number of piperidine rings is 1. The molecule has 21 heavy (non-hydrogen) atoms. The van der Waals surface area contributed by atoms with E-state index < -0.39 is 18.1 Å². The van der Waals surface area contributed by atoms with Gasteiger partial charge in [-0.3, -0.25) is 4.79 Å². The molecule has 0 radical (unpaired) electrons. The number of esters is 1. The molecular weight excluding hydrogens is 272 g/mol. The summed E-state index contributed by atoms with van der Waals surface area (Å²) in [5, 5.41) is 9.77. The van der Waals surface area contributed by atoms with Gasteiger partial charge in [0.1, 0.15) is 6.04 Å². The lowest BCUT2D eigenvalue weighted by Crippen LogP contribution is -2.47. The second-order valence-corrected chi connectivity index (χ2v) is 6.46. The third-order valence-electron chi connectivity index (χ3n) is 4.98. The Bertz CT molecular complexity index is 416. The first-order valence-corrected chi connectivity index (χ1v) is 7.90. The van der Waals surface area contributed by atoms with Gasteiger partial charge in [-0.05, 0) is 38.8 Å². The lowest BCUT2D eigenvalue weighted by molar-refractivity contribution is -0.153. The Morgan fingerprint density at radius 2 is 1.81 bits per heavy atom. The number of rotatable bonds is 3. The number of aliphatic hydroxyl groups is 1. The van der Waals surface area contributed by atoms with Crippen LogP contribution in [0.25, 0.3) is 0 Å². The van der Waals surface area contributed by atoms with Crippen LogP contribution < -0.4 is 0 Å². The van der Waals surface area contributed by atoms with Crippen molar-refractivity contribution in [1.82, 2.24) is 9.80 Å². The zero-order valence-electron chi connectivity index (χ0n) is 12.5. The summed E-state index contributed by atoms with van der Waals surface area (Å²) < 4.78 is 4.75. The van der Waals surface area contributed by atoms with Gasteiger partial charge in [-0.25, -0.2) is 4.79 Å². The molecule has 6 nitrogen and oxygen atoms in total. The second-order valence-electron chi connectivity index (χ2n) is 6.46. The topological polar surface area (TPSA) is 70.1 Å². The van der Waals surface area contributed by atoms with Crippen molar-refractivity contribution in [1.29, 1.82) is 0 Å². The van der Waals surface area contributed by atoms with Crippen LogP contribution in [0, 0.1) is 5.92 Å². The molecule has 2 heterocycles. The summed E-state index contributed by atoms with van der Waals surface area (Å²) in [6.07, 6.45) is 3.97. The number of ether oxygens (including phenoxy) is 1. The normalized spacial score (nSPS) is 31.4. The van der Waals surface area contributed by atoms with E-state index in [-0.39, 0.29) is 18.4 Å². The zero-order valence-corrected chi connectivity index (χ0v) is 12.5. The predicted octanol–water partition coefficient (Wildman–Crippen LogP) is -0.00440. The molecule has 2 atom stereocenters. The minimum Gasteiger partial charge on any atom is -0.467 e. The second kappa shape index (κ2) is 5.93. The van der Waals surface area contributed by atoms with Crippen LogP contribution in [0.15, 0.2) is 0 Å². The van der Waals surface area contributed by atoms with Gasteiger partial charge in [-0.1, -0.05) is 0 Å². The van der Waals surface area contributed by atoms with E-state index in [1.165, 1.54) is 24.9 Å². The van der Waals surface area contributed by atoms with Gasteiger partial charge < -0.3 is 19.6 Å². The van der Waals surface area contributed by atoms with E-state index in [0.29, 0.717) is 6.42 Å². The van der Waals surface area contributed by atoms with Crippen LogP contribution in [0.5, 0.6) is 0 Å². The highest BCUT2D eigenvalue weighted by Gasteiger charge is 2.43. The highest BCUT2D eigenvalue weighted by molar-refractivity contribution is 5.86. The number of likely N-dealkylation sites (tertiary alicyclic amines) is 2. The SMILES string of the molecule is COC(=O)[C@@H]1C[C@@H](O)CN1C(=O)C1CCN(C2CC2)CC1. The number of hydrogen-bond acceptors (Lipinski definition) is 5. The van der Waals surface area contributed by atoms with Gasteiger partial charge in [-0.15, -0.1) is 0 Å². The first kappa shape index (κ1) is 14.8. The molecule has 3 rings (SSSR count). The minimum atomic E-state index is -0.621. The van der Waals surface area contributed by atoms with E-state index >= 15 is 0 Å². The van der Waals surface area contributed by atoms with Crippen LogP contribution in [-0.2, 0) is 14.3 Å². The Hall–Kier alpha value is -1.14. The molecule has 2 saturated heterocycles. The van der Waals surface area contributed by atoms with E-state index in [4.69, 9.17) is 4.74 Å². The highest BCUT2D eigenvalue weighted by atomic mass is 16.5. The summed E-state index contributed by atoms with van der Waals surface area (Å²) in [5.41, 5.74) is 0. The van der Waals surface area contributed by atoms with Crippen LogP contribution in [0.4, 0.5) is 0 Å². The molecular formula is C15H24N2O4. The first-order chi connectivity index (χ1) is 10.1. The molecule has 1 amide bonds. The monoisotopic (exact) mass is 296 g/mol. The van der Waals surface area contributed by atoms with E-state index in [9.17, 15) is 14.7 Å². The van der Waals surface area contributed by atoms with Crippen LogP contribution >= 0.6 is 0 Å². The average molecular weight is 296 g/mol. The fraction of sp³-hybridized carbons (Fsp3) is 0.867. The Morgan fingerprint density at radius 1 is 1.14 bits per heavy atom. The molecule has 1 aliphatic carbocycles. The summed E-state index contributed by atoms with van der Waals surface area (Å²) in [6, 6.07) is 0.136. The number of carbonyl (C=O) groups is 2.